The Labute approximate surface area is 81.2 Å². The molecule has 70 valence electrons. The molecule has 1 N–H and O–H groups in total. The van der Waals surface area contributed by atoms with E-state index in [-0.39, 0.29) is 5.97 Å². The van der Waals surface area contributed by atoms with Crippen LogP contribution in [0.25, 0.3) is 4.91 Å². The van der Waals surface area contributed by atoms with E-state index in [2.05, 4.69) is 16.3 Å². The van der Waals surface area contributed by atoms with Gasteiger partial charge in [0.2, 0.25) is 0 Å². The highest BCUT2D eigenvalue weighted by Gasteiger charge is 2.04. The Balaban J connectivity index is 2.39. The number of hydrogen-bond acceptors (Lipinski definition) is 3. The van der Waals surface area contributed by atoms with Gasteiger partial charge >= 0.3 is 5.97 Å². The Morgan fingerprint density at radius 3 is 3.08 bits per heavy atom. The molecule has 0 saturated carbocycles. The van der Waals surface area contributed by atoms with E-state index in [1.165, 1.54) is 18.9 Å². The van der Waals surface area contributed by atoms with Crippen LogP contribution in [0, 0.1) is 0 Å². The summed E-state index contributed by atoms with van der Waals surface area (Å²) in [5.41, 5.74) is 1.01. The zero-order chi connectivity index (χ0) is 9.68. The third kappa shape index (κ3) is 2.99. The fourth-order valence-electron chi connectivity index (χ4n) is 0.786. The van der Waals surface area contributed by atoms with Crippen LogP contribution < -0.4 is 0 Å². The topological polar surface area (TPSA) is 42.1 Å². The Bertz CT molecular complexity index is 293. The molecule has 13 heavy (non-hydrogen) atoms. The van der Waals surface area contributed by atoms with Crippen molar-refractivity contribution >= 4 is 22.6 Å². The van der Waals surface area contributed by atoms with Crippen LogP contribution in [0.15, 0.2) is 25.0 Å². The molecule has 1 aromatic rings. The first-order valence-electron chi connectivity index (χ1n) is 3.75. The van der Waals surface area contributed by atoms with Crippen molar-refractivity contribution in [3.8, 4) is 0 Å². The molecule has 0 aliphatic heterocycles. The van der Waals surface area contributed by atoms with Crippen LogP contribution in [0.3, 0.4) is 0 Å². The Morgan fingerprint density at radius 2 is 2.54 bits per heavy atom. The number of rotatable bonds is 4. The summed E-state index contributed by atoms with van der Waals surface area (Å²) < 4.78 is 4.51. The molecule has 0 aliphatic carbocycles. The van der Waals surface area contributed by atoms with Gasteiger partial charge in [0.25, 0.3) is 0 Å². The third-order valence-corrected chi connectivity index (χ3v) is 2.48. The molecule has 0 aromatic carbocycles. The van der Waals surface area contributed by atoms with Crippen LogP contribution in [-0.2, 0) is 9.53 Å². The van der Waals surface area contributed by atoms with E-state index in [4.69, 9.17) is 0 Å². The molecular formula is C9H11NO2S. The molecule has 3 nitrogen and oxygen atoms in total. The molecule has 0 atom stereocenters. The van der Waals surface area contributed by atoms with E-state index in [1.807, 2.05) is 18.5 Å². The number of ether oxygens (including phenoxy) is 1. The van der Waals surface area contributed by atoms with Crippen molar-refractivity contribution in [3.63, 3.8) is 0 Å². The van der Waals surface area contributed by atoms with Crippen LogP contribution in [0.2, 0.25) is 0 Å². The molecular weight excluding hydrogens is 186 g/mol. The molecule has 0 spiro atoms. The van der Waals surface area contributed by atoms with Gasteiger partial charge in [-0.25, -0.2) is 0 Å². The molecule has 0 bridgehead atoms. The highest BCUT2D eigenvalue weighted by Crippen LogP contribution is 2.24. The van der Waals surface area contributed by atoms with Crippen LogP contribution >= 0.6 is 11.8 Å². The maximum atomic E-state index is 10.8. The Hall–Kier alpha value is -1.16. The fourth-order valence-corrected chi connectivity index (χ4v) is 1.49. The average molecular weight is 197 g/mol. The zero-order valence-electron chi connectivity index (χ0n) is 7.37. The summed E-state index contributed by atoms with van der Waals surface area (Å²) in [6.07, 6.45) is 3.66. The molecule has 0 aliphatic rings. The predicted octanol–water partition coefficient (Wildman–Crippen LogP) is 1.89. The summed E-state index contributed by atoms with van der Waals surface area (Å²) in [6, 6.07) is 1.91. The van der Waals surface area contributed by atoms with E-state index in [1.54, 1.807) is 0 Å². The number of carbonyl (C=O) groups is 1. The summed E-state index contributed by atoms with van der Waals surface area (Å²) in [4.78, 5) is 14.6. The van der Waals surface area contributed by atoms with Gasteiger partial charge in [-0.2, -0.15) is 0 Å². The maximum absolute atomic E-state index is 10.8. The van der Waals surface area contributed by atoms with Gasteiger partial charge in [0.15, 0.2) is 0 Å². The number of carbonyl (C=O) groups excluding carboxylic acids is 1. The first kappa shape index (κ1) is 9.92. The molecule has 1 rings (SSSR count). The molecule has 1 aromatic heterocycles. The van der Waals surface area contributed by atoms with Crippen LogP contribution in [-0.4, -0.2) is 23.8 Å². The van der Waals surface area contributed by atoms with E-state index in [0.717, 1.165) is 10.5 Å². The van der Waals surface area contributed by atoms with Gasteiger partial charge in [0, 0.05) is 22.9 Å². The second kappa shape index (κ2) is 4.77. The molecule has 0 radical (unpaired) electrons. The molecule has 0 fully saturated rings. The zero-order valence-corrected chi connectivity index (χ0v) is 8.19. The largest absolute Gasteiger partial charge is 0.468 e. The lowest BCUT2D eigenvalue weighted by Gasteiger charge is -2.01. The standard InChI is InChI=1S/C9H11NO2S/c1-7(8-3-4-10-5-8)13-6-9(11)12-2/h3-5,10H,1,6H2,2H3. The number of nitrogens with one attached hydrogen (secondary N) is 1. The van der Waals surface area contributed by atoms with Gasteiger partial charge in [-0.1, -0.05) is 6.58 Å². The fraction of sp³-hybridized carbons (Fsp3) is 0.222. The highest BCUT2D eigenvalue weighted by molar-refractivity contribution is 8.08. The lowest BCUT2D eigenvalue weighted by atomic mass is 10.3. The number of thioether (sulfide) groups is 1. The maximum Gasteiger partial charge on any atom is 0.315 e. The molecule has 0 unspecified atom stereocenters. The van der Waals surface area contributed by atoms with Gasteiger partial charge in [-0.3, -0.25) is 4.79 Å². The summed E-state index contributed by atoms with van der Waals surface area (Å²) in [5.74, 6) is 0.0715. The summed E-state index contributed by atoms with van der Waals surface area (Å²) in [5, 5.41) is 0. The van der Waals surface area contributed by atoms with Gasteiger partial charge in [-0.05, 0) is 6.07 Å². The monoisotopic (exact) mass is 197 g/mol. The van der Waals surface area contributed by atoms with Crippen molar-refractivity contribution in [1.29, 1.82) is 0 Å². The quantitative estimate of drug-likeness (QED) is 0.749. The number of hydrogen-bond donors (Lipinski definition) is 1. The molecule has 0 amide bonds. The first-order valence-corrected chi connectivity index (χ1v) is 4.74. The van der Waals surface area contributed by atoms with Gasteiger partial charge in [0.05, 0.1) is 12.9 Å². The van der Waals surface area contributed by atoms with Crippen LogP contribution in [0.1, 0.15) is 5.56 Å². The van der Waals surface area contributed by atoms with Gasteiger partial charge in [-0.15, -0.1) is 11.8 Å². The number of methoxy groups -OCH3 is 1. The Kier molecular flexibility index (Phi) is 3.64. The summed E-state index contributed by atoms with van der Waals surface area (Å²) >= 11 is 1.38. The van der Waals surface area contributed by atoms with Crippen molar-refractivity contribution in [2.45, 2.75) is 0 Å². The van der Waals surface area contributed by atoms with E-state index in [9.17, 15) is 4.79 Å². The minimum atomic E-state index is -0.235. The minimum Gasteiger partial charge on any atom is -0.468 e. The predicted molar refractivity (Wildman–Crippen MR) is 54.3 cm³/mol. The van der Waals surface area contributed by atoms with Crippen LogP contribution in [0.5, 0.6) is 0 Å². The van der Waals surface area contributed by atoms with Crippen molar-refractivity contribution in [3.05, 3.63) is 30.6 Å². The normalized spacial score (nSPS) is 9.62. The summed E-state index contributed by atoms with van der Waals surface area (Å²) in [6.45, 7) is 3.84. The van der Waals surface area contributed by atoms with Crippen molar-refractivity contribution < 1.29 is 9.53 Å². The lowest BCUT2D eigenvalue weighted by molar-refractivity contribution is -0.137. The van der Waals surface area contributed by atoms with E-state index in [0.29, 0.717) is 5.75 Å². The number of esters is 1. The minimum absolute atomic E-state index is 0.235. The smallest absolute Gasteiger partial charge is 0.315 e. The van der Waals surface area contributed by atoms with E-state index < -0.39 is 0 Å². The number of aromatic amines is 1. The highest BCUT2D eigenvalue weighted by atomic mass is 32.2. The van der Waals surface area contributed by atoms with Gasteiger partial charge < -0.3 is 9.72 Å². The van der Waals surface area contributed by atoms with Crippen molar-refractivity contribution in [2.24, 2.45) is 0 Å². The van der Waals surface area contributed by atoms with E-state index >= 15 is 0 Å². The average Bonchev–Trinajstić information content (AvgIpc) is 2.66. The van der Waals surface area contributed by atoms with Gasteiger partial charge in [0.1, 0.15) is 0 Å². The third-order valence-electron chi connectivity index (χ3n) is 1.51. The number of H-pyrrole nitrogens is 1. The Morgan fingerprint density at radius 1 is 1.77 bits per heavy atom. The number of aromatic nitrogens is 1. The first-order chi connectivity index (χ1) is 6.24. The van der Waals surface area contributed by atoms with Crippen LogP contribution in [0.4, 0.5) is 0 Å². The lowest BCUT2D eigenvalue weighted by Crippen LogP contribution is -2.02. The second-order valence-corrected chi connectivity index (χ2v) is 3.46. The molecule has 1 heterocycles. The van der Waals surface area contributed by atoms with Crippen molar-refractivity contribution in [2.75, 3.05) is 12.9 Å². The van der Waals surface area contributed by atoms with Crippen molar-refractivity contribution in [1.82, 2.24) is 4.98 Å². The second-order valence-electron chi connectivity index (χ2n) is 2.39. The molecule has 4 heteroatoms. The summed E-state index contributed by atoms with van der Waals surface area (Å²) in [7, 11) is 1.38. The SMILES string of the molecule is C=C(SCC(=O)OC)c1cc[nH]c1. The molecule has 0 saturated heterocycles.